The largest absolute Gasteiger partial charge is 0.508 e. The molecule has 0 bridgehead atoms. The molecule has 0 aromatic heterocycles. The number of carbonyl (C=O) groups excluding carboxylic acids is 1. The van der Waals surface area contributed by atoms with E-state index in [2.05, 4.69) is 11.4 Å². The molecule has 2 N–H and O–H groups in total. The Labute approximate surface area is 123 Å². The number of Topliss-reactive ketones (excluding diaryl/α,β-unsaturated/α-hetero) is 1. The van der Waals surface area contributed by atoms with Crippen LogP contribution < -0.4 is 5.32 Å². The maximum Gasteiger partial charge on any atom is 0.161 e. The molecular formula is C17H16N2O2. The van der Waals surface area contributed by atoms with Gasteiger partial charge in [-0.05, 0) is 37.5 Å². The summed E-state index contributed by atoms with van der Waals surface area (Å²) in [6.45, 7) is 1.86. The van der Waals surface area contributed by atoms with Crippen molar-refractivity contribution in [2.45, 2.75) is 32.1 Å². The molecule has 0 radical (unpaired) electrons. The SMILES string of the molecule is CC1=C(C#N)[C@@H](c2cccc(O)c2)C2=C(CCCC2=O)N1. The number of nitriles is 1. The van der Waals surface area contributed by atoms with Crippen LogP contribution in [-0.2, 0) is 4.79 Å². The number of allylic oxidation sites excluding steroid dienone is 4. The van der Waals surface area contributed by atoms with Crippen molar-refractivity contribution >= 4 is 5.78 Å². The van der Waals surface area contributed by atoms with E-state index in [9.17, 15) is 15.2 Å². The minimum Gasteiger partial charge on any atom is -0.508 e. The summed E-state index contributed by atoms with van der Waals surface area (Å²) in [5, 5.41) is 22.4. The number of carbonyl (C=O) groups is 1. The Balaban J connectivity index is 2.20. The lowest BCUT2D eigenvalue weighted by molar-refractivity contribution is -0.116. The van der Waals surface area contributed by atoms with E-state index in [4.69, 9.17) is 0 Å². The Morgan fingerprint density at radius 1 is 1.38 bits per heavy atom. The quantitative estimate of drug-likeness (QED) is 0.829. The average molecular weight is 280 g/mol. The molecule has 106 valence electrons. The summed E-state index contributed by atoms with van der Waals surface area (Å²) < 4.78 is 0. The number of phenols is 1. The molecule has 0 spiro atoms. The molecule has 1 aliphatic heterocycles. The van der Waals surface area contributed by atoms with Gasteiger partial charge < -0.3 is 10.4 Å². The molecule has 0 saturated heterocycles. The maximum atomic E-state index is 12.4. The van der Waals surface area contributed by atoms with Crippen LogP contribution in [0.3, 0.4) is 0 Å². The lowest BCUT2D eigenvalue weighted by Gasteiger charge is -2.32. The molecule has 4 nitrogen and oxygen atoms in total. The third-order valence-electron chi connectivity index (χ3n) is 4.10. The Kier molecular flexibility index (Phi) is 3.26. The van der Waals surface area contributed by atoms with Gasteiger partial charge in [0.25, 0.3) is 0 Å². The summed E-state index contributed by atoms with van der Waals surface area (Å²) in [6.07, 6.45) is 2.19. The van der Waals surface area contributed by atoms with E-state index in [1.807, 2.05) is 13.0 Å². The number of benzene rings is 1. The van der Waals surface area contributed by atoms with Crippen molar-refractivity contribution in [1.29, 1.82) is 5.26 Å². The van der Waals surface area contributed by atoms with Crippen LogP contribution in [0.2, 0.25) is 0 Å². The van der Waals surface area contributed by atoms with E-state index in [-0.39, 0.29) is 17.5 Å². The molecule has 1 heterocycles. The summed E-state index contributed by atoms with van der Waals surface area (Å²) in [4.78, 5) is 12.4. The highest BCUT2D eigenvalue weighted by atomic mass is 16.3. The molecule has 1 atom stereocenters. The van der Waals surface area contributed by atoms with Crippen LogP contribution in [0.25, 0.3) is 0 Å². The molecule has 1 aliphatic carbocycles. The van der Waals surface area contributed by atoms with Crippen molar-refractivity contribution in [3.05, 3.63) is 52.4 Å². The van der Waals surface area contributed by atoms with Gasteiger partial charge in [0.1, 0.15) is 5.75 Å². The van der Waals surface area contributed by atoms with Gasteiger partial charge in [0.2, 0.25) is 0 Å². The summed E-state index contributed by atoms with van der Waals surface area (Å²) in [5.74, 6) is -0.130. The van der Waals surface area contributed by atoms with Crippen LogP contribution in [0, 0.1) is 11.3 Å². The Hall–Kier alpha value is -2.54. The molecule has 0 unspecified atom stereocenters. The minimum absolute atomic E-state index is 0.0948. The van der Waals surface area contributed by atoms with Gasteiger partial charge in [-0.2, -0.15) is 5.26 Å². The van der Waals surface area contributed by atoms with Gasteiger partial charge in [-0.25, -0.2) is 0 Å². The standard InChI is InChI=1S/C17H16N2O2/c1-10-13(9-18)16(11-4-2-5-12(20)8-11)17-14(19-10)6-3-7-15(17)21/h2,4-5,8,16,19-20H,3,6-7H2,1H3/t16-/m1/s1. The third-order valence-corrected chi connectivity index (χ3v) is 4.10. The number of nitrogens with one attached hydrogen (secondary N) is 1. The van der Waals surface area contributed by atoms with E-state index in [0.29, 0.717) is 17.6 Å². The molecule has 1 aromatic carbocycles. The molecule has 2 aliphatic rings. The third kappa shape index (κ3) is 2.21. The van der Waals surface area contributed by atoms with Gasteiger partial charge in [-0.15, -0.1) is 0 Å². The Morgan fingerprint density at radius 3 is 2.90 bits per heavy atom. The van der Waals surface area contributed by atoms with Gasteiger partial charge >= 0.3 is 0 Å². The lowest BCUT2D eigenvalue weighted by Crippen LogP contribution is -2.31. The summed E-state index contributed by atoms with van der Waals surface area (Å²) in [7, 11) is 0. The van der Waals surface area contributed by atoms with Crippen molar-refractivity contribution in [3.63, 3.8) is 0 Å². The van der Waals surface area contributed by atoms with Crippen molar-refractivity contribution in [2.24, 2.45) is 0 Å². The normalized spacial score (nSPS) is 21.7. The smallest absolute Gasteiger partial charge is 0.161 e. The van der Waals surface area contributed by atoms with Crippen LogP contribution >= 0.6 is 0 Å². The van der Waals surface area contributed by atoms with Crippen molar-refractivity contribution in [2.75, 3.05) is 0 Å². The molecule has 0 fully saturated rings. The van der Waals surface area contributed by atoms with Crippen LogP contribution in [-0.4, -0.2) is 10.9 Å². The molecular weight excluding hydrogens is 264 g/mol. The van der Waals surface area contributed by atoms with Crippen molar-refractivity contribution in [1.82, 2.24) is 5.32 Å². The van der Waals surface area contributed by atoms with Gasteiger partial charge in [-0.1, -0.05) is 12.1 Å². The van der Waals surface area contributed by atoms with Crippen molar-refractivity contribution < 1.29 is 9.90 Å². The monoisotopic (exact) mass is 280 g/mol. The highest BCUT2D eigenvalue weighted by Gasteiger charge is 2.35. The number of ketones is 1. The Morgan fingerprint density at radius 2 is 2.19 bits per heavy atom. The first-order chi connectivity index (χ1) is 10.1. The zero-order valence-corrected chi connectivity index (χ0v) is 11.8. The summed E-state index contributed by atoms with van der Waals surface area (Å²) in [5.41, 5.74) is 3.74. The van der Waals surface area contributed by atoms with E-state index < -0.39 is 0 Å². The number of rotatable bonds is 1. The highest BCUT2D eigenvalue weighted by Crippen LogP contribution is 2.42. The highest BCUT2D eigenvalue weighted by molar-refractivity contribution is 5.99. The van der Waals surface area contributed by atoms with Crippen molar-refractivity contribution in [3.8, 4) is 11.8 Å². The predicted octanol–water partition coefficient (Wildman–Crippen LogP) is 2.88. The number of hydrogen-bond donors (Lipinski definition) is 2. The number of dihydropyridines is 1. The van der Waals surface area contributed by atoms with Gasteiger partial charge in [0, 0.05) is 23.4 Å². The van der Waals surface area contributed by atoms with Crippen LogP contribution in [0.1, 0.15) is 37.7 Å². The number of phenolic OH excluding ortho intramolecular Hbond substituents is 1. The predicted molar refractivity (Wildman–Crippen MR) is 78.2 cm³/mol. The molecule has 1 aromatic rings. The molecule has 0 amide bonds. The molecule has 21 heavy (non-hydrogen) atoms. The first-order valence-corrected chi connectivity index (χ1v) is 7.05. The van der Waals surface area contributed by atoms with Gasteiger partial charge in [0.15, 0.2) is 5.78 Å². The van der Waals surface area contributed by atoms with E-state index in [0.717, 1.165) is 29.8 Å². The van der Waals surface area contributed by atoms with E-state index in [1.54, 1.807) is 18.2 Å². The second kappa shape index (κ2) is 5.10. The van der Waals surface area contributed by atoms with E-state index >= 15 is 0 Å². The zero-order valence-electron chi connectivity index (χ0n) is 11.8. The number of hydrogen-bond acceptors (Lipinski definition) is 4. The second-order valence-corrected chi connectivity index (χ2v) is 5.47. The lowest BCUT2D eigenvalue weighted by atomic mass is 9.75. The average Bonchev–Trinajstić information content (AvgIpc) is 2.46. The Bertz CT molecular complexity index is 723. The van der Waals surface area contributed by atoms with Crippen LogP contribution in [0.5, 0.6) is 5.75 Å². The van der Waals surface area contributed by atoms with E-state index in [1.165, 1.54) is 0 Å². The fraction of sp³-hybridized carbons (Fsp3) is 0.294. The summed E-state index contributed by atoms with van der Waals surface area (Å²) in [6, 6.07) is 9.04. The zero-order chi connectivity index (χ0) is 15.0. The fourth-order valence-electron chi connectivity index (χ4n) is 3.17. The number of aromatic hydroxyl groups is 1. The maximum absolute atomic E-state index is 12.4. The van der Waals surface area contributed by atoms with Crippen LogP contribution in [0.4, 0.5) is 0 Å². The number of nitrogens with zero attached hydrogens (tertiary/aromatic N) is 1. The molecule has 4 heteroatoms. The summed E-state index contributed by atoms with van der Waals surface area (Å²) >= 11 is 0. The minimum atomic E-state index is -0.369. The van der Waals surface area contributed by atoms with Gasteiger partial charge in [0.05, 0.1) is 17.6 Å². The first kappa shape index (κ1) is 13.4. The van der Waals surface area contributed by atoms with Crippen LogP contribution in [0.15, 0.2) is 46.8 Å². The topological polar surface area (TPSA) is 73.1 Å². The molecule has 3 rings (SSSR count). The van der Waals surface area contributed by atoms with Gasteiger partial charge in [-0.3, -0.25) is 4.79 Å². The first-order valence-electron chi connectivity index (χ1n) is 7.05. The molecule has 0 saturated carbocycles. The second-order valence-electron chi connectivity index (χ2n) is 5.47. The fourth-order valence-corrected chi connectivity index (χ4v) is 3.17.